The number of phenols is 1. The van der Waals surface area contributed by atoms with Gasteiger partial charge in [-0.05, 0) is 79.4 Å². The number of phenolic OH excluding ortho intramolecular Hbond substituents is 1. The van der Waals surface area contributed by atoms with Gasteiger partial charge in [-0.2, -0.15) is 0 Å². The summed E-state index contributed by atoms with van der Waals surface area (Å²) in [5, 5.41) is 9.57. The van der Waals surface area contributed by atoms with Gasteiger partial charge in [-0.1, -0.05) is 6.07 Å². The van der Waals surface area contributed by atoms with E-state index in [1.165, 1.54) is 37.7 Å². The Morgan fingerprint density at radius 2 is 1.56 bits per heavy atom. The van der Waals surface area contributed by atoms with Crippen LogP contribution in [0.3, 0.4) is 0 Å². The van der Waals surface area contributed by atoms with Crippen LogP contribution >= 0.6 is 0 Å². The van der Waals surface area contributed by atoms with E-state index in [-0.39, 0.29) is 5.75 Å². The van der Waals surface area contributed by atoms with E-state index in [2.05, 4.69) is 6.07 Å². The van der Waals surface area contributed by atoms with E-state index in [0.29, 0.717) is 11.6 Å². The molecule has 4 saturated carbocycles. The zero-order valence-electron chi connectivity index (χ0n) is 10.7. The van der Waals surface area contributed by atoms with E-state index in [1.807, 2.05) is 6.07 Å². The van der Waals surface area contributed by atoms with Crippen molar-refractivity contribution in [3.63, 3.8) is 0 Å². The molecule has 3 N–H and O–H groups in total. The predicted molar refractivity (Wildman–Crippen MR) is 72.3 cm³/mol. The van der Waals surface area contributed by atoms with Crippen LogP contribution in [0.1, 0.15) is 43.6 Å². The highest BCUT2D eigenvalue weighted by molar-refractivity contribution is 5.54. The molecule has 18 heavy (non-hydrogen) atoms. The first kappa shape index (κ1) is 10.7. The van der Waals surface area contributed by atoms with E-state index in [4.69, 9.17) is 5.73 Å². The first-order chi connectivity index (χ1) is 8.70. The van der Waals surface area contributed by atoms with Crippen molar-refractivity contribution < 1.29 is 5.11 Å². The lowest BCUT2D eigenvalue weighted by molar-refractivity contribution is -0.00277. The molecule has 0 atom stereocenters. The van der Waals surface area contributed by atoms with Crippen molar-refractivity contribution in [3.05, 3.63) is 23.8 Å². The fraction of sp³-hybridized carbons (Fsp3) is 0.625. The predicted octanol–water partition coefficient (Wildman–Crippen LogP) is 3.51. The van der Waals surface area contributed by atoms with Gasteiger partial charge < -0.3 is 10.8 Å². The molecule has 0 unspecified atom stereocenters. The highest BCUT2D eigenvalue weighted by Crippen LogP contribution is 2.59. The van der Waals surface area contributed by atoms with Crippen molar-refractivity contribution in [1.82, 2.24) is 0 Å². The van der Waals surface area contributed by atoms with Crippen LogP contribution in [0.25, 0.3) is 0 Å². The summed E-state index contributed by atoms with van der Waals surface area (Å²) in [7, 11) is 0. The highest BCUT2D eigenvalue weighted by Gasteiger charge is 2.48. The Morgan fingerprint density at radius 3 is 2.11 bits per heavy atom. The minimum atomic E-state index is 0.225. The number of aromatic hydroxyl groups is 1. The largest absolute Gasteiger partial charge is 0.506 e. The van der Waals surface area contributed by atoms with Gasteiger partial charge in [-0.15, -0.1) is 0 Å². The van der Waals surface area contributed by atoms with Crippen LogP contribution in [-0.4, -0.2) is 5.11 Å². The Hall–Kier alpha value is -1.18. The SMILES string of the molecule is Nc1cc(C2C3CC4CC(C3)CC2C4)ccc1O. The summed E-state index contributed by atoms with van der Waals surface area (Å²) in [6, 6.07) is 5.89. The number of rotatable bonds is 1. The zero-order chi connectivity index (χ0) is 12.3. The lowest BCUT2D eigenvalue weighted by Gasteiger charge is -2.54. The van der Waals surface area contributed by atoms with Crippen LogP contribution in [-0.2, 0) is 0 Å². The number of nitrogen functional groups attached to an aromatic ring is 1. The van der Waals surface area contributed by atoms with Crippen LogP contribution in [0.5, 0.6) is 5.75 Å². The van der Waals surface area contributed by atoms with Gasteiger partial charge in [0, 0.05) is 0 Å². The van der Waals surface area contributed by atoms with Crippen LogP contribution in [0.2, 0.25) is 0 Å². The average molecular weight is 243 g/mol. The first-order valence-corrected chi connectivity index (χ1v) is 7.29. The molecule has 5 rings (SSSR count). The van der Waals surface area contributed by atoms with E-state index in [0.717, 1.165) is 23.7 Å². The summed E-state index contributed by atoms with van der Waals surface area (Å²) in [6.07, 6.45) is 7.21. The Kier molecular flexibility index (Phi) is 2.18. The summed E-state index contributed by atoms with van der Waals surface area (Å²) < 4.78 is 0. The third kappa shape index (κ3) is 1.47. The molecule has 1 aromatic carbocycles. The maximum absolute atomic E-state index is 9.57. The number of benzene rings is 1. The molecule has 0 aliphatic heterocycles. The molecule has 0 radical (unpaired) electrons. The summed E-state index contributed by atoms with van der Waals surface area (Å²) in [5.41, 5.74) is 7.78. The molecule has 0 amide bonds. The minimum Gasteiger partial charge on any atom is -0.506 e. The lowest BCUT2D eigenvalue weighted by Crippen LogP contribution is -2.43. The van der Waals surface area contributed by atoms with Gasteiger partial charge in [-0.25, -0.2) is 0 Å². The van der Waals surface area contributed by atoms with Crippen molar-refractivity contribution in [1.29, 1.82) is 0 Å². The number of anilines is 1. The Balaban J connectivity index is 1.70. The topological polar surface area (TPSA) is 46.2 Å². The second-order valence-corrected chi connectivity index (χ2v) is 6.77. The minimum absolute atomic E-state index is 0.225. The van der Waals surface area contributed by atoms with Crippen molar-refractivity contribution in [2.75, 3.05) is 5.73 Å². The summed E-state index contributed by atoms with van der Waals surface area (Å²) in [5.74, 6) is 4.72. The van der Waals surface area contributed by atoms with E-state index >= 15 is 0 Å². The van der Waals surface area contributed by atoms with Gasteiger partial charge in [-0.3, -0.25) is 0 Å². The first-order valence-electron chi connectivity index (χ1n) is 7.29. The van der Waals surface area contributed by atoms with Gasteiger partial charge >= 0.3 is 0 Å². The third-order valence-corrected chi connectivity index (χ3v) is 5.66. The quantitative estimate of drug-likeness (QED) is 0.585. The van der Waals surface area contributed by atoms with E-state index < -0.39 is 0 Å². The molecule has 4 bridgehead atoms. The zero-order valence-corrected chi connectivity index (χ0v) is 10.7. The average Bonchev–Trinajstić information content (AvgIpc) is 2.32. The van der Waals surface area contributed by atoms with E-state index in [1.54, 1.807) is 6.07 Å². The van der Waals surface area contributed by atoms with Crippen molar-refractivity contribution in [3.8, 4) is 5.75 Å². The second-order valence-electron chi connectivity index (χ2n) is 6.77. The number of hydrogen-bond donors (Lipinski definition) is 2. The molecule has 4 fully saturated rings. The molecule has 0 saturated heterocycles. The third-order valence-electron chi connectivity index (χ3n) is 5.66. The van der Waals surface area contributed by atoms with Crippen molar-refractivity contribution in [2.24, 2.45) is 23.7 Å². The fourth-order valence-corrected chi connectivity index (χ4v) is 5.25. The van der Waals surface area contributed by atoms with Crippen LogP contribution in [0.4, 0.5) is 5.69 Å². The fourth-order valence-electron chi connectivity index (χ4n) is 5.25. The molecule has 2 heteroatoms. The van der Waals surface area contributed by atoms with Crippen molar-refractivity contribution >= 4 is 5.69 Å². The molecule has 1 aromatic rings. The highest BCUT2D eigenvalue weighted by atomic mass is 16.3. The summed E-state index contributed by atoms with van der Waals surface area (Å²) in [4.78, 5) is 0. The van der Waals surface area contributed by atoms with Crippen LogP contribution < -0.4 is 5.73 Å². The molecular weight excluding hydrogens is 222 g/mol. The normalized spacial score (nSPS) is 41.2. The molecule has 2 nitrogen and oxygen atoms in total. The molecular formula is C16H21NO. The van der Waals surface area contributed by atoms with Gasteiger partial charge in [0.15, 0.2) is 0 Å². The number of nitrogens with two attached hydrogens (primary N) is 1. The summed E-state index contributed by atoms with van der Waals surface area (Å²) in [6.45, 7) is 0. The van der Waals surface area contributed by atoms with Crippen molar-refractivity contribution in [2.45, 2.75) is 38.0 Å². The van der Waals surface area contributed by atoms with E-state index in [9.17, 15) is 5.11 Å². The maximum atomic E-state index is 9.57. The Bertz CT molecular complexity index is 454. The molecule has 0 aromatic heterocycles. The molecule has 0 spiro atoms. The monoisotopic (exact) mass is 243 g/mol. The second kappa shape index (κ2) is 3.66. The molecule has 4 aliphatic rings. The Labute approximate surface area is 108 Å². The van der Waals surface area contributed by atoms with Crippen LogP contribution in [0, 0.1) is 23.7 Å². The van der Waals surface area contributed by atoms with Gasteiger partial charge in [0.2, 0.25) is 0 Å². The molecule has 96 valence electrons. The smallest absolute Gasteiger partial charge is 0.138 e. The Morgan fingerprint density at radius 1 is 0.944 bits per heavy atom. The number of hydrogen-bond acceptors (Lipinski definition) is 2. The molecule has 4 aliphatic carbocycles. The van der Waals surface area contributed by atoms with Crippen LogP contribution in [0.15, 0.2) is 18.2 Å². The van der Waals surface area contributed by atoms with Gasteiger partial charge in [0.25, 0.3) is 0 Å². The van der Waals surface area contributed by atoms with Gasteiger partial charge in [0.05, 0.1) is 5.69 Å². The maximum Gasteiger partial charge on any atom is 0.138 e. The standard InChI is InChI=1S/C16H21NO/c17-14-8-11(1-2-15(14)18)16-12-4-9-3-10(6-12)7-13(16)5-9/h1-2,8-10,12-13,16,18H,3-7,17H2. The molecule has 0 heterocycles. The van der Waals surface area contributed by atoms with Gasteiger partial charge in [0.1, 0.15) is 5.75 Å². The summed E-state index contributed by atoms with van der Waals surface area (Å²) >= 11 is 0. The lowest BCUT2D eigenvalue weighted by atomic mass is 9.51.